The lowest BCUT2D eigenvalue weighted by Gasteiger charge is -2.26. The lowest BCUT2D eigenvalue weighted by Crippen LogP contribution is -2.29. The Morgan fingerprint density at radius 2 is 1.90 bits per heavy atom. The Kier molecular flexibility index (Phi) is 3.31. The number of hydrogen-bond donors (Lipinski definition) is 1. The smallest absolute Gasteiger partial charge is 0.0385 e. The molecular weight excluding hydrogens is 244 g/mol. The highest BCUT2D eigenvalue weighted by atomic mass is 15.2. The number of likely N-dealkylation sites (tertiary alicyclic amines) is 1. The first-order chi connectivity index (χ1) is 9.81. The zero-order valence-electron chi connectivity index (χ0n) is 12.5. The fraction of sp³-hybridized carbons (Fsp3) is 0.667. The SMILES string of the molecule is CN1CCC(CNC2CC2)C1c1cccc(C2CC2)c1. The van der Waals surface area contributed by atoms with E-state index in [-0.39, 0.29) is 0 Å². The summed E-state index contributed by atoms with van der Waals surface area (Å²) in [6, 6.07) is 10.9. The second-order valence-electron chi connectivity index (χ2n) is 7.10. The average molecular weight is 270 g/mol. The van der Waals surface area contributed by atoms with Gasteiger partial charge >= 0.3 is 0 Å². The van der Waals surface area contributed by atoms with Crippen molar-refractivity contribution in [1.29, 1.82) is 0 Å². The highest BCUT2D eigenvalue weighted by Crippen LogP contribution is 2.42. The molecule has 1 saturated heterocycles. The van der Waals surface area contributed by atoms with E-state index in [1.165, 1.54) is 45.2 Å². The fourth-order valence-corrected chi connectivity index (χ4v) is 3.79. The maximum absolute atomic E-state index is 3.74. The van der Waals surface area contributed by atoms with Gasteiger partial charge in [0.25, 0.3) is 0 Å². The zero-order valence-corrected chi connectivity index (χ0v) is 12.5. The van der Waals surface area contributed by atoms with E-state index in [1.807, 2.05) is 0 Å². The molecule has 1 aromatic carbocycles. The molecule has 1 heterocycles. The first-order valence-corrected chi connectivity index (χ1v) is 8.35. The predicted octanol–water partition coefficient (Wildman–Crippen LogP) is 3.31. The molecule has 2 saturated carbocycles. The van der Waals surface area contributed by atoms with Crippen LogP contribution in [0.2, 0.25) is 0 Å². The number of rotatable bonds is 5. The molecule has 4 rings (SSSR count). The van der Waals surface area contributed by atoms with Crippen molar-refractivity contribution in [1.82, 2.24) is 10.2 Å². The van der Waals surface area contributed by atoms with E-state index < -0.39 is 0 Å². The maximum Gasteiger partial charge on any atom is 0.0385 e. The van der Waals surface area contributed by atoms with Crippen LogP contribution in [-0.2, 0) is 0 Å². The molecule has 0 aromatic heterocycles. The van der Waals surface area contributed by atoms with E-state index >= 15 is 0 Å². The minimum Gasteiger partial charge on any atom is -0.314 e. The average Bonchev–Trinajstić information content (AvgIpc) is 3.36. The highest BCUT2D eigenvalue weighted by Gasteiger charge is 2.34. The van der Waals surface area contributed by atoms with Crippen molar-refractivity contribution in [2.24, 2.45) is 5.92 Å². The molecule has 1 N–H and O–H groups in total. The van der Waals surface area contributed by atoms with Gasteiger partial charge in [-0.15, -0.1) is 0 Å². The van der Waals surface area contributed by atoms with Gasteiger partial charge in [-0.3, -0.25) is 4.90 Å². The molecule has 1 aromatic rings. The van der Waals surface area contributed by atoms with E-state index in [2.05, 4.69) is 41.5 Å². The van der Waals surface area contributed by atoms with E-state index in [1.54, 1.807) is 11.1 Å². The molecule has 0 amide bonds. The number of nitrogens with one attached hydrogen (secondary N) is 1. The number of nitrogens with zero attached hydrogens (tertiary/aromatic N) is 1. The van der Waals surface area contributed by atoms with Crippen LogP contribution in [0.25, 0.3) is 0 Å². The van der Waals surface area contributed by atoms with Crippen LogP contribution in [0.1, 0.15) is 55.2 Å². The van der Waals surface area contributed by atoms with Crippen LogP contribution in [0.15, 0.2) is 24.3 Å². The Morgan fingerprint density at radius 3 is 2.65 bits per heavy atom. The van der Waals surface area contributed by atoms with Crippen molar-refractivity contribution in [3.05, 3.63) is 35.4 Å². The van der Waals surface area contributed by atoms with Crippen LogP contribution in [0.4, 0.5) is 0 Å². The Hall–Kier alpha value is -0.860. The van der Waals surface area contributed by atoms with Crippen LogP contribution in [0, 0.1) is 5.92 Å². The van der Waals surface area contributed by atoms with Crippen molar-refractivity contribution < 1.29 is 0 Å². The minimum absolute atomic E-state index is 0.625. The van der Waals surface area contributed by atoms with E-state index in [9.17, 15) is 0 Å². The molecule has 2 nitrogen and oxygen atoms in total. The third kappa shape index (κ3) is 2.64. The molecule has 0 spiro atoms. The summed E-state index contributed by atoms with van der Waals surface area (Å²) in [4.78, 5) is 2.56. The van der Waals surface area contributed by atoms with Gasteiger partial charge in [0.15, 0.2) is 0 Å². The van der Waals surface area contributed by atoms with Gasteiger partial charge in [0.1, 0.15) is 0 Å². The Labute approximate surface area is 122 Å². The molecule has 2 unspecified atom stereocenters. The second-order valence-corrected chi connectivity index (χ2v) is 7.10. The van der Waals surface area contributed by atoms with Crippen LogP contribution in [0.5, 0.6) is 0 Å². The summed E-state index contributed by atoms with van der Waals surface area (Å²) in [7, 11) is 2.30. The monoisotopic (exact) mass is 270 g/mol. The van der Waals surface area contributed by atoms with Crippen molar-refractivity contribution in [2.45, 2.75) is 50.1 Å². The summed E-state index contributed by atoms with van der Waals surface area (Å²) in [5, 5.41) is 3.74. The molecule has 108 valence electrons. The Bertz CT molecular complexity index is 476. The summed E-state index contributed by atoms with van der Waals surface area (Å²) >= 11 is 0. The molecule has 3 fully saturated rings. The first-order valence-electron chi connectivity index (χ1n) is 8.35. The number of hydrogen-bond acceptors (Lipinski definition) is 2. The maximum atomic E-state index is 3.74. The van der Waals surface area contributed by atoms with Gasteiger partial charge in [-0.05, 0) is 68.7 Å². The first kappa shape index (κ1) is 12.8. The largest absolute Gasteiger partial charge is 0.314 e. The number of benzene rings is 1. The van der Waals surface area contributed by atoms with E-state index in [4.69, 9.17) is 0 Å². The van der Waals surface area contributed by atoms with Crippen molar-refractivity contribution in [3.8, 4) is 0 Å². The minimum atomic E-state index is 0.625. The van der Waals surface area contributed by atoms with Crippen molar-refractivity contribution >= 4 is 0 Å². The normalized spacial score (nSPS) is 30.9. The fourth-order valence-electron chi connectivity index (χ4n) is 3.79. The lowest BCUT2D eigenvalue weighted by molar-refractivity contribution is 0.271. The van der Waals surface area contributed by atoms with Crippen molar-refractivity contribution in [3.63, 3.8) is 0 Å². The van der Waals surface area contributed by atoms with Gasteiger partial charge in [0.05, 0.1) is 0 Å². The predicted molar refractivity (Wildman–Crippen MR) is 82.9 cm³/mol. The summed E-state index contributed by atoms with van der Waals surface area (Å²) in [6.45, 7) is 2.45. The molecule has 20 heavy (non-hydrogen) atoms. The van der Waals surface area contributed by atoms with Gasteiger partial charge in [-0.1, -0.05) is 24.3 Å². The molecule has 0 bridgehead atoms. The zero-order chi connectivity index (χ0) is 13.5. The third-order valence-electron chi connectivity index (χ3n) is 5.32. The highest BCUT2D eigenvalue weighted by molar-refractivity contribution is 5.31. The second kappa shape index (κ2) is 5.16. The summed E-state index contributed by atoms with van der Waals surface area (Å²) in [6.07, 6.45) is 6.93. The summed E-state index contributed by atoms with van der Waals surface area (Å²) in [5.41, 5.74) is 3.13. The molecule has 2 aliphatic carbocycles. The van der Waals surface area contributed by atoms with Gasteiger partial charge in [0.2, 0.25) is 0 Å². The van der Waals surface area contributed by atoms with Crippen LogP contribution in [0.3, 0.4) is 0 Å². The van der Waals surface area contributed by atoms with Crippen LogP contribution < -0.4 is 5.32 Å². The molecular formula is C18H26N2. The van der Waals surface area contributed by atoms with Gasteiger partial charge in [-0.25, -0.2) is 0 Å². The van der Waals surface area contributed by atoms with Crippen molar-refractivity contribution in [2.75, 3.05) is 20.1 Å². The standard InChI is InChI=1S/C18H26N2/c1-20-10-9-16(12-19-17-7-8-17)18(20)15-4-2-3-14(11-15)13-5-6-13/h2-4,11,13,16-19H,5-10,12H2,1H3. The molecule has 1 aliphatic heterocycles. The quantitative estimate of drug-likeness (QED) is 0.883. The van der Waals surface area contributed by atoms with E-state index in [0.29, 0.717) is 6.04 Å². The van der Waals surface area contributed by atoms with Crippen LogP contribution in [-0.4, -0.2) is 31.1 Å². The Balaban J connectivity index is 1.51. The molecule has 0 radical (unpaired) electrons. The Morgan fingerprint density at radius 1 is 1.10 bits per heavy atom. The lowest BCUT2D eigenvalue weighted by atomic mass is 9.92. The van der Waals surface area contributed by atoms with Gasteiger partial charge in [0, 0.05) is 18.6 Å². The third-order valence-corrected chi connectivity index (χ3v) is 5.32. The topological polar surface area (TPSA) is 15.3 Å². The molecule has 2 heteroatoms. The van der Waals surface area contributed by atoms with Gasteiger partial charge in [-0.2, -0.15) is 0 Å². The van der Waals surface area contributed by atoms with E-state index in [0.717, 1.165) is 17.9 Å². The molecule has 3 aliphatic rings. The van der Waals surface area contributed by atoms with Gasteiger partial charge < -0.3 is 5.32 Å². The molecule has 2 atom stereocenters. The van der Waals surface area contributed by atoms with Crippen LogP contribution >= 0.6 is 0 Å². The summed E-state index contributed by atoms with van der Waals surface area (Å²) < 4.78 is 0. The summed E-state index contributed by atoms with van der Waals surface area (Å²) in [5.74, 6) is 1.65.